The number of carbonyl (C=O) groups is 1. The third-order valence-corrected chi connectivity index (χ3v) is 4.95. The Hall–Kier alpha value is -2.70. The number of aromatic nitrogens is 2. The molecule has 0 radical (unpaired) electrons. The van der Waals surface area contributed by atoms with Gasteiger partial charge in [0.2, 0.25) is 5.89 Å². The molecule has 0 N–H and O–H groups in total. The van der Waals surface area contributed by atoms with Crippen molar-refractivity contribution in [1.82, 2.24) is 20.0 Å². The fourth-order valence-electron chi connectivity index (χ4n) is 3.14. The maximum atomic E-state index is 12.7. The van der Waals surface area contributed by atoms with Gasteiger partial charge >= 0.3 is 11.8 Å². The van der Waals surface area contributed by atoms with E-state index in [-0.39, 0.29) is 17.7 Å². The first kappa shape index (κ1) is 17.7. The Morgan fingerprint density at radius 3 is 2.41 bits per heavy atom. The highest BCUT2D eigenvalue weighted by Crippen LogP contribution is 2.26. The quantitative estimate of drug-likeness (QED) is 0.692. The molecule has 138 valence electrons. The van der Waals surface area contributed by atoms with Crippen LogP contribution in [-0.2, 0) is 6.54 Å². The van der Waals surface area contributed by atoms with Gasteiger partial charge in [0.15, 0.2) is 0 Å². The topological polar surface area (TPSA) is 62.5 Å². The third kappa shape index (κ3) is 4.02. The number of hydrogen-bond donors (Lipinski definition) is 0. The fourth-order valence-corrected chi connectivity index (χ4v) is 3.36. The van der Waals surface area contributed by atoms with E-state index in [1.807, 2.05) is 30.3 Å². The normalized spacial score (nSPS) is 15.1. The average molecular weight is 383 g/mol. The molecular formula is C20H19ClN4O2. The highest BCUT2D eigenvalue weighted by molar-refractivity contribution is 6.33. The summed E-state index contributed by atoms with van der Waals surface area (Å²) in [5.41, 5.74) is 1.90. The van der Waals surface area contributed by atoms with Crippen LogP contribution in [0, 0.1) is 0 Å². The Morgan fingerprint density at radius 2 is 1.67 bits per heavy atom. The summed E-state index contributed by atoms with van der Waals surface area (Å²) in [6, 6.07) is 17.5. The molecule has 4 rings (SSSR count). The zero-order chi connectivity index (χ0) is 18.6. The number of carbonyl (C=O) groups excluding carboxylic acids is 1. The number of halogens is 1. The second kappa shape index (κ2) is 7.90. The molecule has 0 spiro atoms. The van der Waals surface area contributed by atoms with Crippen molar-refractivity contribution in [3.63, 3.8) is 0 Å². The van der Waals surface area contributed by atoms with Crippen LogP contribution >= 0.6 is 11.6 Å². The van der Waals surface area contributed by atoms with Gasteiger partial charge in [-0.1, -0.05) is 54.1 Å². The van der Waals surface area contributed by atoms with Crippen molar-refractivity contribution in [1.29, 1.82) is 0 Å². The number of amides is 1. The molecule has 0 atom stereocenters. The van der Waals surface area contributed by atoms with Crippen molar-refractivity contribution in [2.75, 3.05) is 26.2 Å². The SMILES string of the molecule is O=C(c1nnc(-c2ccccc2Cl)o1)N1CCN(Cc2ccccc2)CC1. The van der Waals surface area contributed by atoms with Gasteiger partial charge in [-0.05, 0) is 17.7 Å². The second-order valence-electron chi connectivity index (χ2n) is 6.45. The van der Waals surface area contributed by atoms with Gasteiger partial charge in [-0.3, -0.25) is 9.69 Å². The second-order valence-corrected chi connectivity index (χ2v) is 6.85. The molecule has 1 aromatic heterocycles. The van der Waals surface area contributed by atoms with Crippen LogP contribution in [0.25, 0.3) is 11.5 Å². The third-order valence-electron chi connectivity index (χ3n) is 4.62. The molecule has 0 unspecified atom stereocenters. The molecule has 6 nitrogen and oxygen atoms in total. The number of piperazine rings is 1. The molecule has 1 fully saturated rings. The first-order chi connectivity index (χ1) is 13.2. The molecular weight excluding hydrogens is 364 g/mol. The molecule has 27 heavy (non-hydrogen) atoms. The predicted molar refractivity (Wildman–Crippen MR) is 102 cm³/mol. The van der Waals surface area contributed by atoms with Gasteiger partial charge in [-0.15, -0.1) is 10.2 Å². The van der Waals surface area contributed by atoms with Crippen LogP contribution in [0.4, 0.5) is 0 Å². The van der Waals surface area contributed by atoms with E-state index in [1.165, 1.54) is 5.56 Å². The smallest absolute Gasteiger partial charge is 0.311 e. The lowest BCUT2D eigenvalue weighted by Gasteiger charge is -2.34. The van der Waals surface area contributed by atoms with Gasteiger partial charge in [0.1, 0.15) is 0 Å². The number of nitrogens with zero attached hydrogens (tertiary/aromatic N) is 4. The molecule has 1 aliphatic rings. The van der Waals surface area contributed by atoms with E-state index in [9.17, 15) is 4.79 Å². The molecule has 0 bridgehead atoms. The highest BCUT2D eigenvalue weighted by atomic mass is 35.5. The average Bonchev–Trinajstić information content (AvgIpc) is 3.19. The molecule has 7 heteroatoms. The van der Waals surface area contributed by atoms with Crippen LogP contribution in [0.5, 0.6) is 0 Å². The van der Waals surface area contributed by atoms with Crippen LogP contribution in [-0.4, -0.2) is 52.1 Å². The van der Waals surface area contributed by atoms with Crippen LogP contribution in [0.3, 0.4) is 0 Å². The summed E-state index contributed by atoms with van der Waals surface area (Å²) < 4.78 is 5.58. The van der Waals surface area contributed by atoms with Crippen molar-refractivity contribution >= 4 is 17.5 Å². The Labute approximate surface area is 162 Å². The van der Waals surface area contributed by atoms with E-state index in [1.54, 1.807) is 17.0 Å². The van der Waals surface area contributed by atoms with Gasteiger partial charge in [-0.25, -0.2) is 0 Å². The summed E-state index contributed by atoms with van der Waals surface area (Å²) in [6.07, 6.45) is 0. The molecule has 3 aromatic rings. The minimum Gasteiger partial charge on any atom is -0.412 e. The van der Waals surface area contributed by atoms with E-state index in [0.717, 1.165) is 19.6 Å². The Kier molecular flexibility index (Phi) is 5.18. The van der Waals surface area contributed by atoms with Gasteiger partial charge < -0.3 is 9.32 Å². The lowest BCUT2D eigenvalue weighted by atomic mass is 10.2. The molecule has 1 saturated heterocycles. The molecule has 1 aliphatic heterocycles. The molecule has 2 aromatic carbocycles. The largest absolute Gasteiger partial charge is 0.412 e. The Balaban J connectivity index is 1.38. The van der Waals surface area contributed by atoms with E-state index < -0.39 is 0 Å². The van der Waals surface area contributed by atoms with Crippen LogP contribution in [0.1, 0.15) is 16.2 Å². The Bertz CT molecular complexity index is 920. The lowest BCUT2D eigenvalue weighted by Crippen LogP contribution is -2.48. The predicted octanol–water partition coefficient (Wildman–Crippen LogP) is 3.35. The van der Waals surface area contributed by atoms with Crippen LogP contribution < -0.4 is 0 Å². The van der Waals surface area contributed by atoms with E-state index in [4.69, 9.17) is 16.0 Å². The van der Waals surface area contributed by atoms with Crippen molar-refractivity contribution in [2.45, 2.75) is 6.54 Å². The standard InChI is InChI=1S/C20H19ClN4O2/c21-17-9-5-4-8-16(17)18-22-23-19(27-18)20(26)25-12-10-24(11-13-25)14-15-6-2-1-3-7-15/h1-9H,10-14H2. The minimum atomic E-state index is -0.236. The fraction of sp³-hybridized carbons (Fsp3) is 0.250. The van der Waals surface area contributed by atoms with Gasteiger partial charge in [-0.2, -0.15) is 0 Å². The van der Waals surface area contributed by atoms with Gasteiger partial charge in [0, 0.05) is 32.7 Å². The number of rotatable bonds is 4. The van der Waals surface area contributed by atoms with E-state index in [0.29, 0.717) is 23.7 Å². The summed E-state index contributed by atoms with van der Waals surface area (Å²) in [6.45, 7) is 3.78. The zero-order valence-corrected chi connectivity index (χ0v) is 15.5. The first-order valence-corrected chi connectivity index (χ1v) is 9.22. The molecule has 0 aliphatic carbocycles. The summed E-state index contributed by atoms with van der Waals surface area (Å²) in [4.78, 5) is 16.8. The van der Waals surface area contributed by atoms with E-state index in [2.05, 4.69) is 27.2 Å². The van der Waals surface area contributed by atoms with Crippen molar-refractivity contribution in [3.05, 3.63) is 71.1 Å². The summed E-state index contributed by atoms with van der Waals surface area (Å²) in [5, 5.41) is 8.40. The van der Waals surface area contributed by atoms with Crippen molar-refractivity contribution in [3.8, 4) is 11.5 Å². The van der Waals surface area contributed by atoms with Gasteiger partial charge in [0.05, 0.1) is 10.6 Å². The highest BCUT2D eigenvalue weighted by Gasteiger charge is 2.26. The molecule has 1 amide bonds. The minimum absolute atomic E-state index is 0.00132. The maximum absolute atomic E-state index is 12.7. The van der Waals surface area contributed by atoms with E-state index >= 15 is 0 Å². The first-order valence-electron chi connectivity index (χ1n) is 8.84. The number of hydrogen-bond acceptors (Lipinski definition) is 5. The van der Waals surface area contributed by atoms with Gasteiger partial charge in [0.25, 0.3) is 0 Å². The lowest BCUT2D eigenvalue weighted by molar-refractivity contribution is 0.0590. The molecule has 0 saturated carbocycles. The summed E-state index contributed by atoms with van der Waals surface area (Å²) in [5.74, 6) is 0.0215. The monoisotopic (exact) mass is 382 g/mol. The number of benzene rings is 2. The summed E-state index contributed by atoms with van der Waals surface area (Å²) in [7, 11) is 0. The van der Waals surface area contributed by atoms with Crippen LogP contribution in [0.15, 0.2) is 59.0 Å². The maximum Gasteiger partial charge on any atom is 0.311 e. The molecule has 2 heterocycles. The Morgan fingerprint density at radius 1 is 0.963 bits per heavy atom. The van der Waals surface area contributed by atoms with Crippen molar-refractivity contribution < 1.29 is 9.21 Å². The summed E-state index contributed by atoms with van der Waals surface area (Å²) >= 11 is 6.15. The van der Waals surface area contributed by atoms with Crippen LogP contribution in [0.2, 0.25) is 5.02 Å². The zero-order valence-electron chi connectivity index (χ0n) is 14.7. The van der Waals surface area contributed by atoms with Crippen molar-refractivity contribution in [2.24, 2.45) is 0 Å².